The van der Waals surface area contributed by atoms with E-state index in [9.17, 15) is 33.6 Å². The highest BCUT2D eigenvalue weighted by Gasteiger charge is 2.44. The van der Waals surface area contributed by atoms with Crippen molar-refractivity contribution < 1.29 is 66.7 Å². The Hall–Kier alpha value is -5.05. The summed E-state index contributed by atoms with van der Waals surface area (Å²) in [4.78, 5) is 110. The number of ether oxygens (including phenoxy) is 7. The molecule has 1 aromatic heterocycles. The van der Waals surface area contributed by atoms with E-state index in [0.717, 1.165) is 25.3 Å². The summed E-state index contributed by atoms with van der Waals surface area (Å²) in [5, 5.41) is 3.28. The standard InChI is InChI=1S/C49H86N6O14Si/c1-23-24-25-28-33(36(56)63-30-31-70(20,21)22)50-29-26-27-32-34(53(38(57)64-44(2,3)4)39(58)65-45(5,6)7)51-37(55(42(61)68-48(14,15)16)43(62)69-49(17,18)19)52-35(32)54(40(59)66-46(8,9)10)41(60)67-47(11,12)13/h33,50H,23-31H2,1-22H3. The number of carbonyl (C=O) groups excluding carboxylic acids is 7. The molecule has 0 bridgehead atoms. The molecule has 400 valence electrons. The molecule has 1 heterocycles. The Morgan fingerprint density at radius 3 is 1.14 bits per heavy atom. The quantitative estimate of drug-likeness (QED) is 0.0702. The van der Waals surface area contributed by atoms with Gasteiger partial charge >= 0.3 is 42.5 Å². The van der Waals surface area contributed by atoms with Crippen molar-refractivity contribution in [3.63, 3.8) is 0 Å². The van der Waals surface area contributed by atoms with Gasteiger partial charge in [-0.3, -0.25) is 4.79 Å². The third-order valence-corrected chi connectivity index (χ3v) is 10.2. The van der Waals surface area contributed by atoms with Crippen molar-refractivity contribution in [3.8, 4) is 0 Å². The Kier molecular flexibility index (Phi) is 22.4. The highest BCUT2D eigenvalue weighted by atomic mass is 28.3. The van der Waals surface area contributed by atoms with E-state index in [1.165, 1.54) is 41.5 Å². The van der Waals surface area contributed by atoms with Crippen LogP contribution in [-0.2, 0) is 44.4 Å². The van der Waals surface area contributed by atoms with Gasteiger partial charge in [0.1, 0.15) is 39.6 Å². The zero-order chi connectivity index (χ0) is 54.6. The predicted molar refractivity (Wildman–Crippen MR) is 270 cm³/mol. The SMILES string of the molecule is CCCCCC(NCCCc1c(N(C(=O)OC(C)(C)C)C(=O)OC(C)(C)C)nc(N(C(=O)OC(C)(C)C)C(=O)OC(C)(C)C)nc1N(C(=O)OC(C)(C)C)C(=O)OC(C)(C)C)C(=O)OCC[Si](C)(C)C. The number of esters is 1. The van der Waals surface area contributed by atoms with Gasteiger partial charge in [-0.15, -0.1) is 4.90 Å². The van der Waals surface area contributed by atoms with E-state index in [4.69, 9.17) is 33.2 Å². The number of carbonyl (C=O) groups is 7. The third kappa shape index (κ3) is 24.2. The Balaban J connectivity index is 4.72. The molecule has 21 heteroatoms. The maximum absolute atomic E-state index is 14.5. The van der Waals surface area contributed by atoms with Gasteiger partial charge in [0.15, 0.2) is 11.6 Å². The second-order valence-electron chi connectivity index (χ2n) is 24.1. The van der Waals surface area contributed by atoms with Crippen LogP contribution in [0.4, 0.5) is 46.4 Å². The van der Waals surface area contributed by atoms with E-state index in [0.29, 0.717) is 21.1 Å². The van der Waals surface area contributed by atoms with Gasteiger partial charge in [-0.1, -0.05) is 45.8 Å². The molecular formula is C49H86N6O14Si. The van der Waals surface area contributed by atoms with Crippen LogP contribution in [0.3, 0.4) is 0 Å². The van der Waals surface area contributed by atoms with Crippen LogP contribution in [0.5, 0.6) is 0 Å². The first-order valence-corrected chi connectivity index (χ1v) is 27.7. The summed E-state index contributed by atoms with van der Waals surface area (Å²) in [5.74, 6) is -2.69. The van der Waals surface area contributed by atoms with E-state index < -0.39 is 108 Å². The molecular weight excluding hydrogens is 925 g/mol. The molecule has 0 saturated heterocycles. The first-order valence-electron chi connectivity index (χ1n) is 24.0. The number of amides is 6. The number of unbranched alkanes of at least 4 members (excludes halogenated alkanes) is 2. The number of anilines is 3. The summed E-state index contributed by atoms with van der Waals surface area (Å²) in [6, 6.07) is 0.0702. The minimum absolute atomic E-state index is 0.0595. The molecule has 0 saturated carbocycles. The number of imide groups is 3. The van der Waals surface area contributed by atoms with Crippen molar-refractivity contribution in [1.29, 1.82) is 0 Å². The maximum atomic E-state index is 14.5. The lowest BCUT2D eigenvalue weighted by Gasteiger charge is -2.33. The second kappa shape index (κ2) is 24.9. The zero-order valence-electron chi connectivity index (χ0n) is 46.4. The number of hydrogen-bond acceptors (Lipinski definition) is 17. The Bertz CT molecular complexity index is 1810. The van der Waals surface area contributed by atoms with Gasteiger partial charge in [0, 0.05) is 13.6 Å². The summed E-state index contributed by atoms with van der Waals surface area (Å²) in [6.45, 7) is 36.8. The molecule has 1 aromatic rings. The minimum Gasteiger partial charge on any atom is -0.465 e. The topological polar surface area (TPSA) is 232 Å². The van der Waals surface area contributed by atoms with Crippen molar-refractivity contribution >= 4 is 68.2 Å². The lowest BCUT2D eigenvalue weighted by atomic mass is 10.1. The summed E-state index contributed by atoms with van der Waals surface area (Å²) < 4.78 is 40.0. The van der Waals surface area contributed by atoms with E-state index in [1.54, 1.807) is 83.1 Å². The number of rotatable bonds is 16. The van der Waals surface area contributed by atoms with Crippen molar-refractivity contribution in [2.75, 3.05) is 27.9 Å². The smallest absolute Gasteiger partial charge is 0.427 e. The van der Waals surface area contributed by atoms with Crippen molar-refractivity contribution in [2.24, 2.45) is 0 Å². The maximum Gasteiger partial charge on any atom is 0.427 e. The molecule has 1 N–H and O–H groups in total. The van der Waals surface area contributed by atoms with Crippen molar-refractivity contribution in [1.82, 2.24) is 15.3 Å². The average molecular weight is 1010 g/mol. The number of aromatic nitrogens is 2. The highest BCUT2D eigenvalue weighted by Crippen LogP contribution is 2.36. The van der Waals surface area contributed by atoms with Crippen LogP contribution < -0.4 is 20.0 Å². The first-order chi connectivity index (χ1) is 31.4. The number of nitrogens with zero attached hydrogens (tertiary/aromatic N) is 5. The van der Waals surface area contributed by atoms with Crippen LogP contribution >= 0.6 is 0 Å². The average Bonchev–Trinajstić information content (AvgIpc) is 3.08. The molecule has 70 heavy (non-hydrogen) atoms. The number of nitrogens with one attached hydrogen (secondary N) is 1. The third-order valence-electron chi connectivity index (χ3n) is 8.50. The molecule has 0 spiro atoms. The van der Waals surface area contributed by atoms with E-state index in [1.807, 2.05) is 6.92 Å². The molecule has 0 fully saturated rings. The Morgan fingerprint density at radius 2 is 0.843 bits per heavy atom. The monoisotopic (exact) mass is 1010 g/mol. The fourth-order valence-electron chi connectivity index (χ4n) is 5.72. The fraction of sp³-hybridized carbons (Fsp3) is 0.776. The van der Waals surface area contributed by atoms with Crippen LogP contribution in [-0.4, -0.2) is 113 Å². The van der Waals surface area contributed by atoms with Gasteiger partial charge in [-0.05, 0) is 156 Å². The largest absolute Gasteiger partial charge is 0.465 e. The van der Waals surface area contributed by atoms with Gasteiger partial charge in [-0.25, -0.2) is 28.8 Å². The van der Waals surface area contributed by atoms with Crippen LogP contribution in [0.2, 0.25) is 25.7 Å². The predicted octanol–water partition coefficient (Wildman–Crippen LogP) is 11.9. The van der Waals surface area contributed by atoms with Crippen LogP contribution in [0.25, 0.3) is 0 Å². The normalized spacial score (nSPS) is 13.1. The van der Waals surface area contributed by atoms with Gasteiger partial charge in [0.05, 0.1) is 6.61 Å². The van der Waals surface area contributed by atoms with E-state index in [2.05, 4.69) is 34.9 Å². The van der Waals surface area contributed by atoms with Crippen LogP contribution in [0, 0.1) is 0 Å². The molecule has 0 radical (unpaired) electrons. The fourth-order valence-corrected chi connectivity index (χ4v) is 6.44. The van der Waals surface area contributed by atoms with Crippen LogP contribution in [0.1, 0.15) is 169 Å². The van der Waals surface area contributed by atoms with Gasteiger partial charge < -0.3 is 38.5 Å². The van der Waals surface area contributed by atoms with E-state index in [-0.39, 0.29) is 31.6 Å². The molecule has 0 aliphatic heterocycles. The summed E-state index contributed by atoms with van der Waals surface area (Å²) in [6.07, 6.45) is -5.32. The van der Waals surface area contributed by atoms with Crippen molar-refractivity contribution in [3.05, 3.63) is 5.56 Å². The van der Waals surface area contributed by atoms with Crippen molar-refractivity contribution in [2.45, 2.75) is 235 Å². The summed E-state index contributed by atoms with van der Waals surface area (Å²) in [5.41, 5.74) is -7.69. The van der Waals surface area contributed by atoms with Crippen LogP contribution in [0.15, 0.2) is 0 Å². The Morgan fingerprint density at radius 1 is 0.514 bits per heavy atom. The molecule has 6 amide bonds. The molecule has 0 aromatic carbocycles. The lowest BCUT2D eigenvalue weighted by Crippen LogP contribution is -2.48. The molecule has 1 atom stereocenters. The van der Waals surface area contributed by atoms with E-state index >= 15 is 0 Å². The summed E-state index contributed by atoms with van der Waals surface area (Å²) in [7, 11) is -1.52. The molecule has 20 nitrogen and oxygen atoms in total. The first kappa shape index (κ1) is 63.0. The molecule has 1 rings (SSSR count). The van der Waals surface area contributed by atoms with Gasteiger partial charge in [-0.2, -0.15) is 19.8 Å². The zero-order valence-corrected chi connectivity index (χ0v) is 47.4. The summed E-state index contributed by atoms with van der Waals surface area (Å²) >= 11 is 0. The second-order valence-corrected chi connectivity index (χ2v) is 29.7. The molecule has 1 unspecified atom stereocenters. The molecule has 0 aliphatic rings. The van der Waals surface area contributed by atoms with Gasteiger partial charge in [0.25, 0.3) is 0 Å². The Labute approximate surface area is 417 Å². The lowest BCUT2D eigenvalue weighted by molar-refractivity contribution is -0.145. The van der Waals surface area contributed by atoms with Gasteiger partial charge in [0.2, 0.25) is 5.95 Å². The number of hydrogen-bond donors (Lipinski definition) is 1. The minimum atomic E-state index is -1.52. The molecule has 0 aliphatic carbocycles. The highest BCUT2D eigenvalue weighted by molar-refractivity contribution is 6.76.